The van der Waals surface area contributed by atoms with E-state index in [2.05, 4.69) is 30.8 Å². The summed E-state index contributed by atoms with van der Waals surface area (Å²) < 4.78 is 18.7. The molecule has 35 heavy (non-hydrogen) atoms. The molecule has 12 heteroatoms. The number of amides is 2. The molecule has 6 rings (SSSR count). The molecule has 4 aromatic rings. The van der Waals surface area contributed by atoms with E-state index in [9.17, 15) is 9.59 Å². The molecule has 2 amide bonds. The van der Waals surface area contributed by atoms with Gasteiger partial charge in [0.25, 0.3) is 11.8 Å². The number of hydrogen-bond donors (Lipinski definition) is 2. The summed E-state index contributed by atoms with van der Waals surface area (Å²) in [5.74, 6) is 0.0559. The summed E-state index contributed by atoms with van der Waals surface area (Å²) >= 11 is 1.30. The van der Waals surface area contributed by atoms with Gasteiger partial charge in [0.2, 0.25) is 0 Å². The van der Waals surface area contributed by atoms with Crippen molar-refractivity contribution in [1.82, 2.24) is 34.6 Å². The summed E-state index contributed by atoms with van der Waals surface area (Å²) in [5.41, 5.74) is 1.33. The van der Waals surface area contributed by atoms with Gasteiger partial charge in [-0.25, -0.2) is 14.4 Å². The highest BCUT2D eigenvalue weighted by atomic mass is 32.1. The number of benzene rings is 1. The number of aromatic nitrogens is 6. The Morgan fingerprint density at radius 3 is 2.89 bits per heavy atom. The first-order valence-electron chi connectivity index (χ1n) is 11.3. The summed E-state index contributed by atoms with van der Waals surface area (Å²) in [5, 5.41) is 15.7. The maximum absolute atomic E-state index is 15.0. The van der Waals surface area contributed by atoms with Crippen molar-refractivity contribution in [3.8, 4) is 16.5 Å². The fourth-order valence-corrected chi connectivity index (χ4v) is 4.85. The molecule has 0 radical (unpaired) electrons. The molecule has 0 unspecified atom stereocenters. The zero-order chi connectivity index (χ0) is 24.3. The smallest absolute Gasteiger partial charge is 0.259 e. The van der Waals surface area contributed by atoms with Crippen LogP contribution in [0.15, 0.2) is 30.0 Å². The lowest BCUT2D eigenvalue weighted by molar-refractivity contribution is 0.0949. The van der Waals surface area contributed by atoms with E-state index in [0.29, 0.717) is 28.3 Å². The lowest BCUT2D eigenvalue weighted by Gasteiger charge is -2.11. The molecule has 4 heterocycles. The number of fused-ring (bicyclic) bond motifs is 3. The van der Waals surface area contributed by atoms with Crippen LogP contribution in [-0.4, -0.2) is 41.1 Å². The Morgan fingerprint density at radius 1 is 1.29 bits per heavy atom. The lowest BCUT2D eigenvalue weighted by Crippen LogP contribution is -2.22. The van der Waals surface area contributed by atoms with Gasteiger partial charge in [-0.2, -0.15) is 0 Å². The Balaban J connectivity index is 1.32. The summed E-state index contributed by atoms with van der Waals surface area (Å²) in [7, 11) is 0. The fourth-order valence-electron chi connectivity index (χ4n) is 4.11. The SMILES string of the molecule is CC(C)n1cnnc1-c1nc(NC(=O)c2cc3c(cc2F)C(=O)NCc2nc(C4CC4)cn2-3)cs1. The van der Waals surface area contributed by atoms with E-state index in [0.717, 1.165) is 24.6 Å². The average molecular weight is 493 g/mol. The number of hydrogen-bond acceptors (Lipinski definition) is 7. The number of halogens is 1. The normalized spacial score (nSPS) is 14.9. The van der Waals surface area contributed by atoms with Crippen LogP contribution in [0.5, 0.6) is 0 Å². The van der Waals surface area contributed by atoms with Crippen molar-refractivity contribution in [3.63, 3.8) is 0 Å². The summed E-state index contributed by atoms with van der Waals surface area (Å²) in [6.07, 6.45) is 5.66. The minimum atomic E-state index is -0.794. The van der Waals surface area contributed by atoms with Gasteiger partial charge in [-0.15, -0.1) is 21.5 Å². The largest absolute Gasteiger partial charge is 0.345 e. The third-order valence-corrected chi connectivity index (χ3v) is 6.94. The molecule has 1 saturated carbocycles. The van der Waals surface area contributed by atoms with Crippen molar-refractivity contribution in [2.24, 2.45) is 0 Å². The zero-order valence-electron chi connectivity index (χ0n) is 18.9. The van der Waals surface area contributed by atoms with Crippen LogP contribution >= 0.6 is 11.3 Å². The van der Waals surface area contributed by atoms with Gasteiger partial charge in [0, 0.05) is 23.5 Å². The van der Waals surface area contributed by atoms with Gasteiger partial charge in [0.05, 0.1) is 29.1 Å². The van der Waals surface area contributed by atoms with E-state index >= 15 is 4.39 Å². The van der Waals surface area contributed by atoms with Crippen molar-refractivity contribution in [2.45, 2.75) is 45.2 Å². The van der Waals surface area contributed by atoms with Gasteiger partial charge < -0.3 is 19.8 Å². The molecule has 1 aromatic carbocycles. The van der Waals surface area contributed by atoms with Gasteiger partial charge in [0.15, 0.2) is 10.8 Å². The topological polar surface area (TPSA) is 120 Å². The molecule has 1 aliphatic heterocycles. The minimum absolute atomic E-state index is 0.140. The van der Waals surface area contributed by atoms with Crippen LogP contribution in [0.4, 0.5) is 10.2 Å². The summed E-state index contributed by atoms with van der Waals surface area (Å²) in [6.45, 7) is 4.24. The molecule has 2 aliphatic rings. The number of thiazole rings is 1. The van der Waals surface area contributed by atoms with Gasteiger partial charge >= 0.3 is 0 Å². The van der Waals surface area contributed by atoms with Crippen molar-refractivity contribution >= 4 is 29.0 Å². The van der Waals surface area contributed by atoms with Crippen molar-refractivity contribution in [2.75, 3.05) is 5.32 Å². The second kappa shape index (κ2) is 8.08. The lowest BCUT2D eigenvalue weighted by atomic mass is 10.1. The molecule has 0 bridgehead atoms. The molecule has 2 N–H and O–H groups in total. The van der Waals surface area contributed by atoms with E-state index in [-0.39, 0.29) is 29.5 Å². The van der Waals surface area contributed by atoms with Crippen LogP contribution in [0.3, 0.4) is 0 Å². The average Bonchev–Trinajstić information content (AvgIpc) is 3.22. The maximum Gasteiger partial charge on any atom is 0.259 e. The van der Waals surface area contributed by atoms with Crippen LogP contribution in [-0.2, 0) is 6.54 Å². The van der Waals surface area contributed by atoms with E-state index in [4.69, 9.17) is 0 Å². The van der Waals surface area contributed by atoms with Crippen molar-refractivity contribution in [3.05, 3.63) is 58.5 Å². The number of imidazole rings is 1. The standard InChI is InChI=1S/C23H21FN8O2S/c1-11(2)32-10-26-30-20(32)23-29-18(9-35-23)28-22(34)13-6-17-14(5-15(13)24)21(33)25-7-19-27-16(8-31(17)19)12-3-4-12/h5-6,8-12H,3-4,7H2,1-2H3,(H,25,33)(H,28,34). The number of anilines is 1. The third-order valence-electron chi connectivity index (χ3n) is 6.10. The van der Waals surface area contributed by atoms with Crippen LogP contribution in [0.1, 0.15) is 70.9 Å². The molecule has 178 valence electrons. The Hall–Kier alpha value is -3.93. The molecule has 1 aliphatic carbocycles. The first-order chi connectivity index (χ1) is 16.9. The molecule has 0 spiro atoms. The Kier molecular flexibility index (Phi) is 4.99. The maximum atomic E-state index is 15.0. The first kappa shape index (κ1) is 21.6. The number of nitrogens with zero attached hydrogens (tertiary/aromatic N) is 6. The zero-order valence-corrected chi connectivity index (χ0v) is 19.8. The predicted molar refractivity (Wildman–Crippen MR) is 126 cm³/mol. The van der Waals surface area contributed by atoms with Gasteiger partial charge in [0.1, 0.15) is 23.8 Å². The first-order valence-corrected chi connectivity index (χ1v) is 12.1. The highest BCUT2D eigenvalue weighted by molar-refractivity contribution is 7.13. The van der Waals surface area contributed by atoms with E-state index in [1.807, 2.05) is 24.6 Å². The quantitative estimate of drug-likeness (QED) is 0.439. The second-order valence-electron chi connectivity index (χ2n) is 8.91. The van der Waals surface area contributed by atoms with Crippen LogP contribution < -0.4 is 10.6 Å². The van der Waals surface area contributed by atoms with Crippen LogP contribution in [0.2, 0.25) is 0 Å². The Bertz CT molecular complexity index is 1480. The molecular formula is C23H21FN8O2S. The molecule has 0 saturated heterocycles. The van der Waals surface area contributed by atoms with Crippen LogP contribution in [0.25, 0.3) is 16.5 Å². The second-order valence-corrected chi connectivity index (χ2v) is 9.76. The number of carbonyl (C=O) groups is 2. The third kappa shape index (κ3) is 3.79. The fraction of sp³-hybridized carbons (Fsp3) is 0.304. The van der Waals surface area contributed by atoms with Crippen molar-refractivity contribution in [1.29, 1.82) is 0 Å². The number of carbonyl (C=O) groups excluding carboxylic acids is 2. The highest BCUT2D eigenvalue weighted by Gasteiger charge is 2.30. The summed E-state index contributed by atoms with van der Waals surface area (Å²) in [6, 6.07) is 2.64. The molecule has 3 aromatic heterocycles. The Morgan fingerprint density at radius 2 is 2.11 bits per heavy atom. The Labute approximate surface area is 203 Å². The van der Waals surface area contributed by atoms with E-state index in [1.165, 1.54) is 17.4 Å². The number of rotatable bonds is 5. The monoisotopic (exact) mass is 492 g/mol. The van der Waals surface area contributed by atoms with Gasteiger partial charge in [-0.3, -0.25) is 9.59 Å². The molecule has 0 atom stereocenters. The molecule has 1 fully saturated rings. The number of nitrogens with one attached hydrogen (secondary N) is 2. The highest BCUT2D eigenvalue weighted by Crippen LogP contribution is 2.40. The molecular weight excluding hydrogens is 471 g/mol. The molecule has 10 nitrogen and oxygen atoms in total. The minimum Gasteiger partial charge on any atom is -0.345 e. The van der Waals surface area contributed by atoms with Gasteiger partial charge in [-0.1, -0.05) is 0 Å². The van der Waals surface area contributed by atoms with E-state index < -0.39 is 17.6 Å². The van der Waals surface area contributed by atoms with Gasteiger partial charge in [-0.05, 0) is 38.8 Å². The van der Waals surface area contributed by atoms with E-state index in [1.54, 1.807) is 16.3 Å². The summed E-state index contributed by atoms with van der Waals surface area (Å²) in [4.78, 5) is 34.7. The van der Waals surface area contributed by atoms with Crippen LogP contribution in [0, 0.1) is 5.82 Å². The predicted octanol–water partition coefficient (Wildman–Crippen LogP) is 3.68. The van der Waals surface area contributed by atoms with Crippen molar-refractivity contribution < 1.29 is 14.0 Å².